The van der Waals surface area contributed by atoms with Gasteiger partial charge < -0.3 is 5.73 Å². The summed E-state index contributed by atoms with van der Waals surface area (Å²) in [6.07, 6.45) is 12.4. The molecule has 0 saturated heterocycles. The largest absolute Gasteiger partial charge is 0.382 e. The Morgan fingerprint density at radius 3 is 2.28 bits per heavy atom. The van der Waals surface area contributed by atoms with Crippen molar-refractivity contribution in [3.05, 3.63) is 12.3 Å². The summed E-state index contributed by atoms with van der Waals surface area (Å²) in [5.41, 5.74) is 6.35. The molecule has 0 aromatic carbocycles. The molecule has 4 bridgehead atoms. The molecular weight excluding hydrogens is 222 g/mol. The second-order valence-corrected chi connectivity index (χ2v) is 7.17. The van der Waals surface area contributed by atoms with Crippen LogP contribution in [0.3, 0.4) is 0 Å². The molecule has 2 N–H and O–H groups in total. The van der Waals surface area contributed by atoms with Crippen molar-refractivity contribution in [1.82, 2.24) is 9.78 Å². The summed E-state index contributed by atoms with van der Waals surface area (Å²) in [6.45, 7) is 1.06. The third kappa shape index (κ3) is 1.75. The Kier molecular flexibility index (Phi) is 2.27. The molecule has 0 unspecified atom stereocenters. The van der Waals surface area contributed by atoms with Crippen molar-refractivity contribution in [2.24, 2.45) is 23.2 Å². The van der Waals surface area contributed by atoms with Crippen LogP contribution in [0, 0.1) is 23.2 Å². The highest BCUT2D eigenvalue weighted by atomic mass is 15.3. The smallest absolute Gasteiger partial charge is 0.145 e. The van der Waals surface area contributed by atoms with E-state index in [0.717, 1.165) is 24.3 Å². The van der Waals surface area contributed by atoms with Gasteiger partial charge >= 0.3 is 0 Å². The maximum atomic E-state index is 5.68. The van der Waals surface area contributed by atoms with Crippen LogP contribution in [0.1, 0.15) is 44.9 Å². The quantitative estimate of drug-likeness (QED) is 0.889. The molecule has 5 rings (SSSR count). The van der Waals surface area contributed by atoms with E-state index in [1.54, 1.807) is 0 Å². The van der Waals surface area contributed by atoms with Crippen LogP contribution in [0.25, 0.3) is 0 Å². The van der Waals surface area contributed by atoms with E-state index < -0.39 is 0 Å². The van der Waals surface area contributed by atoms with Gasteiger partial charge in [0.2, 0.25) is 0 Å². The first-order chi connectivity index (χ1) is 8.71. The SMILES string of the molecule is Nc1ccn(CCC23CC4CC(CC(C4)C2)C3)n1. The number of rotatable bonds is 3. The highest BCUT2D eigenvalue weighted by Crippen LogP contribution is 2.61. The molecule has 18 heavy (non-hydrogen) atoms. The van der Waals surface area contributed by atoms with E-state index in [1.807, 2.05) is 16.9 Å². The van der Waals surface area contributed by atoms with Crippen molar-refractivity contribution in [2.75, 3.05) is 5.73 Å². The van der Waals surface area contributed by atoms with Gasteiger partial charge in [0, 0.05) is 12.7 Å². The van der Waals surface area contributed by atoms with Gasteiger partial charge in [-0.3, -0.25) is 4.68 Å². The lowest BCUT2D eigenvalue weighted by Crippen LogP contribution is -2.46. The number of nitrogen functional groups attached to an aromatic ring is 1. The van der Waals surface area contributed by atoms with E-state index in [-0.39, 0.29) is 0 Å². The zero-order chi connectivity index (χ0) is 12.2. The van der Waals surface area contributed by atoms with Crippen LogP contribution in [-0.4, -0.2) is 9.78 Å². The first-order valence-corrected chi connectivity index (χ1v) is 7.50. The Labute approximate surface area is 109 Å². The Bertz CT molecular complexity index is 413. The van der Waals surface area contributed by atoms with Crippen LogP contribution >= 0.6 is 0 Å². The maximum Gasteiger partial charge on any atom is 0.145 e. The minimum absolute atomic E-state index is 0.653. The fourth-order valence-corrected chi connectivity index (χ4v) is 5.45. The lowest BCUT2D eigenvalue weighted by atomic mass is 9.49. The molecule has 1 aromatic rings. The van der Waals surface area contributed by atoms with Gasteiger partial charge in [0.1, 0.15) is 5.82 Å². The summed E-state index contributed by atoms with van der Waals surface area (Å²) in [5.74, 6) is 3.82. The van der Waals surface area contributed by atoms with Crippen molar-refractivity contribution in [3.8, 4) is 0 Å². The minimum atomic E-state index is 0.653. The first-order valence-electron chi connectivity index (χ1n) is 7.50. The molecule has 3 heteroatoms. The summed E-state index contributed by atoms with van der Waals surface area (Å²) < 4.78 is 2.04. The summed E-state index contributed by atoms with van der Waals surface area (Å²) >= 11 is 0. The van der Waals surface area contributed by atoms with Gasteiger partial charge in [-0.2, -0.15) is 5.10 Å². The molecular formula is C15H23N3. The fraction of sp³-hybridized carbons (Fsp3) is 0.800. The number of hydrogen-bond donors (Lipinski definition) is 1. The number of aromatic nitrogens is 2. The molecule has 0 amide bonds. The monoisotopic (exact) mass is 245 g/mol. The third-order valence-corrected chi connectivity index (χ3v) is 5.70. The van der Waals surface area contributed by atoms with Crippen LogP contribution in [-0.2, 0) is 6.54 Å². The van der Waals surface area contributed by atoms with Crippen molar-refractivity contribution < 1.29 is 0 Å². The molecule has 4 aliphatic rings. The van der Waals surface area contributed by atoms with Gasteiger partial charge in [0.05, 0.1) is 0 Å². The molecule has 98 valence electrons. The number of nitrogens with two attached hydrogens (primary N) is 1. The van der Waals surface area contributed by atoms with Crippen LogP contribution in [0.5, 0.6) is 0 Å². The normalized spacial score (nSPS) is 41.4. The van der Waals surface area contributed by atoms with Crippen molar-refractivity contribution in [2.45, 2.75) is 51.5 Å². The topological polar surface area (TPSA) is 43.8 Å². The highest BCUT2D eigenvalue weighted by Gasteiger charge is 2.50. The molecule has 4 fully saturated rings. The highest BCUT2D eigenvalue weighted by molar-refractivity contribution is 5.23. The minimum Gasteiger partial charge on any atom is -0.382 e. The van der Waals surface area contributed by atoms with E-state index in [0.29, 0.717) is 11.2 Å². The standard InChI is InChI=1S/C15H23N3/c16-14-1-3-18(17-14)4-2-15-8-11-5-12(9-15)7-13(6-11)10-15/h1,3,11-13H,2,4-10H2,(H2,16,17). The molecule has 4 aliphatic carbocycles. The van der Waals surface area contributed by atoms with E-state index >= 15 is 0 Å². The average molecular weight is 245 g/mol. The van der Waals surface area contributed by atoms with Gasteiger partial charge in [-0.15, -0.1) is 0 Å². The van der Waals surface area contributed by atoms with Crippen molar-refractivity contribution >= 4 is 5.82 Å². The van der Waals surface area contributed by atoms with Crippen LogP contribution in [0.2, 0.25) is 0 Å². The molecule has 0 aliphatic heterocycles. The predicted octanol–water partition coefficient (Wildman–Crippen LogP) is 3.07. The molecule has 3 nitrogen and oxygen atoms in total. The zero-order valence-electron chi connectivity index (χ0n) is 11.0. The molecule has 0 atom stereocenters. The Hall–Kier alpha value is -0.990. The van der Waals surface area contributed by atoms with E-state index in [4.69, 9.17) is 5.73 Å². The molecule has 1 heterocycles. The summed E-state index contributed by atoms with van der Waals surface area (Å²) in [6, 6.07) is 1.90. The van der Waals surface area contributed by atoms with E-state index in [1.165, 1.54) is 44.9 Å². The third-order valence-electron chi connectivity index (χ3n) is 5.70. The predicted molar refractivity (Wildman–Crippen MR) is 71.9 cm³/mol. The van der Waals surface area contributed by atoms with E-state index in [9.17, 15) is 0 Å². The molecule has 0 radical (unpaired) electrons. The van der Waals surface area contributed by atoms with Crippen molar-refractivity contribution in [3.63, 3.8) is 0 Å². The Morgan fingerprint density at radius 1 is 1.17 bits per heavy atom. The second-order valence-electron chi connectivity index (χ2n) is 7.17. The molecule has 0 spiro atoms. The fourth-order valence-electron chi connectivity index (χ4n) is 5.45. The summed E-state index contributed by atoms with van der Waals surface area (Å²) in [4.78, 5) is 0. The molecule has 4 saturated carbocycles. The second kappa shape index (κ2) is 3.75. The van der Waals surface area contributed by atoms with Gasteiger partial charge in [-0.05, 0) is 74.2 Å². The van der Waals surface area contributed by atoms with Gasteiger partial charge in [-0.25, -0.2) is 0 Å². The van der Waals surface area contributed by atoms with E-state index in [2.05, 4.69) is 5.10 Å². The lowest BCUT2D eigenvalue weighted by Gasteiger charge is -2.57. The Morgan fingerprint density at radius 2 is 1.78 bits per heavy atom. The van der Waals surface area contributed by atoms with Gasteiger partial charge in [0.25, 0.3) is 0 Å². The summed E-state index contributed by atoms with van der Waals surface area (Å²) in [7, 11) is 0. The van der Waals surface area contributed by atoms with Gasteiger partial charge in [-0.1, -0.05) is 0 Å². The van der Waals surface area contributed by atoms with Crippen LogP contribution < -0.4 is 5.73 Å². The van der Waals surface area contributed by atoms with Crippen LogP contribution in [0.15, 0.2) is 12.3 Å². The average Bonchev–Trinajstić information content (AvgIpc) is 2.71. The zero-order valence-corrected chi connectivity index (χ0v) is 11.0. The Balaban J connectivity index is 1.47. The van der Waals surface area contributed by atoms with Crippen molar-refractivity contribution in [1.29, 1.82) is 0 Å². The first kappa shape index (κ1) is 10.9. The number of hydrogen-bond acceptors (Lipinski definition) is 2. The lowest BCUT2D eigenvalue weighted by molar-refractivity contribution is -0.0595. The van der Waals surface area contributed by atoms with Gasteiger partial charge in [0.15, 0.2) is 0 Å². The summed E-state index contributed by atoms with van der Waals surface area (Å²) in [5, 5.41) is 4.32. The van der Waals surface area contributed by atoms with Crippen LogP contribution in [0.4, 0.5) is 5.82 Å². The number of aryl methyl sites for hydroxylation is 1. The molecule has 1 aromatic heterocycles. The number of anilines is 1. The maximum absolute atomic E-state index is 5.68. The number of nitrogens with zero attached hydrogens (tertiary/aromatic N) is 2.